The van der Waals surface area contributed by atoms with Crippen LogP contribution in [-0.2, 0) is 4.74 Å². The largest absolute Gasteiger partial charge is 0.379 e. The van der Waals surface area contributed by atoms with Gasteiger partial charge in [-0.2, -0.15) is 0 Å². The molecule has 318 valence electrons. The molecule has 0 saturated carbocycles. The van der Waals surface area contributed by atoms with Gasteiger partial charge in [-0.1, -0.05) is 110 Å². The molecule has 6 atom stereocenters. The van der Waals surface area contributed by atoms with Crippen molar-refractivity contribution in [3.05, 3.63) is 0 Å². The molecule has 0 aromatic heterocycles. The predicted octanol–water partition coefficient (Wildman–Crippen LogP) is 9.02. The molecular formula is C46H98N6O. The highest BCUT2D eigenvalue weighted by atomic mass is 16.5. The number of ether oxygens (including phenoxy) is 1. The first-order chi connectivity index (χ1) is 24.4. The van der Waals surface area contributed by atoms with Gasteiger partial charge in [0.25, 0.3) is 0 Å². The number of piperidine rings is 2. The third-order valence-electron chi connectivity index (χ3n) is 12.2. The summed E-state index contributed by atoms with van der Waals surface area (Å²) in [5.41, 5.74) is 2.44. The predicted molar refractivity (Wildman–Crippen MR) is 235 cm³/mol. The van der Waals surface area contributed by atoms with Gasteiger partial charge in [0.05, 0.1) is 13.2 Å². The fourth-order valence-electron chi connectivity index (χ4n) is 7.72. The summed E-state index contributed by atoms with van der Waals surface area (Å²) in [4.78, 5) is 0. The van der Waals surface area contributed by atoms with Crippen molar-refractivity contribution < 1.29 is 4.74 Å². The van der Waals surface area contributed by atoms with Crippen molar-refractivity contribution in [3.63, 3.8) is 0 Å². The quantitative estimate of drug-likeness (QED) is 0.148. The van der Waals surface area contributed by atoms with E-state index in [1.54, 1.807) is 0 Å². The summed E-state index contributed by atoms with van der Waals surface area (Å²) in [6.45, 7) is 48.2. The van der Waals surface area contributed by atoms with Crippen LogP contribution in [0.5, 0.6) is 0 Å². The average Bonchev–Trinajstić information content (AvgIpc) is 3.78. The highest BCUT2D eigenvalue weighted by Gasteiger charge is 2.30. The van der Waals surface area contributed by atoms with E-state index >= 15 is 0 Å². The number of morpholine rings is 1. The minimum absolute atomic E-state index is 0.459. The van der Waals surface area contributed by atoms with Gasteiger partial charge < -0.3 is 36.6 Å². The van der Waals surface area contributed by atoms with E-state index in [0.29, 0.717) is 33.1 Å². The Bertz CT molecular complexity index is 817. The molecule has 6 aliphatic rings. The lowest BCUT2D eigenvalue weighted by molar-refractivity contribution is 0.0824. The van der Waals surface area contributed by atoms with Crippen molar-refractivity contribution in [3.8, 4) is 0 Å². The number of hydrogen-bond acceptors (Lipinski definition) is 7. The summed E-state index contributed by atoms with van der Waals surface area (Å²) in [7, 11) is 0. The van der Waals surface area contributed by atoms with Gasteiger partial charge in [0.1, 0.15) is 0 Å². The van der Waals surface area contributed by atoms with Crippen molar-refractivity contribution in [2.24, 2.45) is 38.9 Å². The van der Waals surface area contributed by atoms with E-state index in [1.807, 2.05) is 0 Å². The van der Waals surface area contributed by atoms with Crippen LogP contribution in [-0.4, -0.2) is 89.7 Å². The zero-order valence-corrected chi connectivity index (χ0v) is 38.8. The number of rotatable bonds is 0. The van der Waals surface area contributed by atoms with Gasteiger partial charge in [0.2, 0.25) is 0 Å². The molecule has 53 heavy (non-hydrogen) atoms. The van der Waals surface area contributed by atoms with Crippen molar-refractivity contribution in [1.82, 2.24) is 31.9 Å². The third kappa shape index (κ3) is 23.5. The van der Waals surface area contributed by atoms with Gasteiger partial charge in [0, 0.05) is 30.7 Å². The van der Waals surface area contributed by atoms with E-state index in [1.165, 1.54) is 104 Å². The zero-order chi connectivity index (χ0) is 40.3. The Hall–Kier alpha value is -0.280. The topological polar surface area (TPSA) is 81.4 Å². The van der Waals surface area contributed by atoms with Gasteiger partial charge in [-0.3, -0.25) is 0 Å². The van der Waals surface area contributed by atoms with E-state index in [2.05, 4.69) is 143 Å². The molecule has 0 radical (unpaired) electrons. The molecule has 6 aliphatic heterocycles. The normalized spacial score (nSPS) is 29.4. The number of hydrogen-bond donors (Lipinski definition) is 6. The molecule has 7 heteroatoms. The molecule has 0 amide bonds. The lowest BCUT2D eigenvalue weighted by atomic mass is 9.77. The van der Waals surface area contributed by atoms with Gasteiger partial charge in [-0.25, -0.2) is 0 Å². The van der Waals surface area contributed by atoms with Gasteiger partial charge in [-0.05, 0) is 143 Å². The maximum atomic E-state index is 5.12. The summed E-state index contributed by atoms with van der Waals surface area (Å²) in [5.74, 6) is 1.79. The lowest BCUT2D eigenvalue weighted by Crippen LogP contribution is -2.50. The Morgan fingerprint density at radius 3 is 1.06 bits per heavy atom. The van der Waals surface area contributed by atoms with Gasteiger partial charge in [0.15, 0.2) is 0 Å². The van der Waals surface area contributed by atoms with E-state index in [-0.39, 0.29) is 0 Å². The average molecular weight is 751 g/mol. The highest BCUT2D eigenvalue weighted by Crippen LogP contribution is 2.31. The summed E-state index contributed by atoms with van der Waals surface area (Å²) < 4.78 is 5.12. The molecule has 0 aliphatic carbocycles. The van der Waals surface area contributed by atoms with Crippen LogP contribution in [0.4, 0.5) is 0 Å². The summed E-state index contributed by atoms with van der Waals surface area (Å²) in [5, 5.41) is 20.5. The smallest absolute Gasteiger partial charge is 0.0617 e. The monoisotopic (exact) mass is 751 g/mol. The van der Waals surface area contributed by atoms with Crippen LogP contribution in [0.25, 0.3) is 0 Å². The first kappa shape index (κ1) is 50.7. The van der Waals surface area contributed by atoms with Gasteiger partial charge in [-0.15, -0.1) is 0 Å². The third-order valence-corrected chi connectivity index (χ3v) is 12.2. The molecule has 7 nitrogen and oxygen atoms in total. The van der Waals surface area contributed by atoms with Crippen LogP contribution in [0, 0.1) is 38.9 Å². The molecule has 6 unspecified atom stereocenters. The Morgan fingerprint density at radius 2 is 0.830 bits per heavy atom. The molecular weight excluding hydrogens is 653 g/mol. The van der Waals surface area contributed by atoms with E-state index < -0.39 is 0 Å². The molecule has 0 bridgehead atoms. The molecule has 6 fully saturated rings. The molecule has 6 rings (SSSR count). The van der Waals surface area contributed by atoms with Crippen LogP contribution >= 0.6 is 0 Å². The maximum absolute atomic E-state index is 5.12. The Labute approximate surface area is 333 Å². The van der Waals surface area contributed by atoms with Crippen molar-refractivity contribution in [1.29, 1.82) is 0 Å². The summed E-state index contributed by atoms with van der Waals surface area (Å²) in [6, 6.07) is 2.86. The standard InChI is InChI=1S/2C9H19N.2C8H17N.C7H15N.C5H11NO/c1-9(2,3)8-5-4-6-10-7-8;1-9(2,3)8-6-4-5-7-10-8;1-8(2,3)7-4-5-9-6-7;1-8(2,3)7-5-4-6-9-7;1-7(2,3)6-4-5-8-6;1-5-4-7-3-2-6-5/h2*8,10H,4-7H2,1-3H3;2*7,9H,4-6H2,1-3H3;6,8H,4-5H2,1-3H3;5-6H,2-4H2,1H3. The second kappa shape index (κ2) is 24.5. The van der Waals surface area contributed by atoms with E-state index in [9.17, 15) is 0 Å². The van der Waals surface area contributed by atoms with E-state index in [4.69, 9.17) is 4.74 Å². The van der Waals surface area contributed by atoms with Crippen molar-refractivity contribution >= 4 is 0 Å². The second-order valence-corrected chi connectivity index (χ2v) is 22.4. The molecule has 0 aromatic carbocycles. The minimum atomic E-state index is 0.459. The Kier molecular flexibility index (Phi) is 23.4. The van der Waals surface area contributed by atoms with E-state index in [0.717, 1.165) is 49.7 Å². The van der Waals surface area contributed by atoms with Crippen LogP contribution in [0.15, 0.2) is 0 Å². The molecule has 6 saturated heterocycles. The van der Waals surface area contributed by atoms with Crippen LogP contribution in [0.1, 0.15) is 169 Å². The molecule has 6 N–H and O–H groups in total. The Morgan fingerprint density at radius 1 is 0.396 bits per heavy atom. The minimum Gasteiger partial charge on any atom is -0.379 e. The van der Waals surface area contributed by atoms with Crippen LogP contribution < -0.4 is 31.9 Å². The van der Waals surface area contributed by atoms with Crippen LogP contribution in [0.3, 0.4) is 0 Å². The van der Waals surface area contributed by atoms with Crippen molar-refractivity contribution in [2.75, 3.05) is 65.6 Å². The summed E-state index contributed by atoms with van der Waals surface area (Å²) >= 11 is 0. The fourth-order valence-corrected chi connectivity index (χ4v) is 7.72. The van der Waals surface area contributed by atoms with Gasteiger partial charge >= 0.3 is 0 Å². The molecule has 6 heterocycles. The zero-order valence-electron chi connectivity index (χ0n) is 38.8. The van der Waals surface area contributed by atoms with Crippen LogP contribution in [0.2, 0.25) is 0 Å². The number of nitrogens with one attached hydrogen (secondary N) is 6. The first-order valence-corrected chi connectivity index (χ1v) is 22.3. The highest BCUT2D eigenvalue weighted by molar-refractivity contribution is 4.88. The maximum Gasteiger partial charge on any atom is 0.0617 e. The Balaban J connectivity index is 0.000000319. The summed E-state index contributed by atoms with van der Waals surface area (Å²) in [6.07, 6.45) is 12.4. The molecule has 0 spiro atoms. The van der Waals surface area contributed by atoms with Crippen molar-refractivity contribution in [2.45, 2.75) is 193 Å². The first-order valence-electron chi connectivity index (χ1n) is 22.3. The second-order valence-electron chi connectivity index (χ2n) is 22.4. The fraction of sp³-hybridized carbons (Fsp3) is 1.00. The molecule has 0 aromatic rings. The lowest BCUT2D eigenvalue weighted by Gasteiger charge is -2.38. The SMILES string of the molecule is CC(C)(C)C1CCCCN1.CC(C)(C)C1CCCN1.CC(C)(C)C1CCCNC1.CC(C)(C)C1CCN1.CC(C)(C)C1CCNC1.CC1COCCN1.